The van der Waals surface area contributed by atoms with Gasteiger partial charge in [0.25, 0.3) is 0 Å². The van der Waals surface area contributed by atoms with Crippen LogP contribution in [0.5, 0.6) is 0 Å². The zero-order valence-electron chi connectivity index (χ0n) is 21.5. The van der Waals surface area contributed by atoms with Crippen LogP contribution in [0.3, 0.4) is 0 Å². The van der Waals surface area contributed by atoms with E-state index < -0.39 is 80.7 Å². The molecule has 0 bridgehead atoms. The molecule has 7 N–H and O–H groups in total. The van der Waals surface area contributed by atoms with Crippen LogP contribution in [0.2, 0.25) is 0 Å². The maximum Gasteiger partial charge on any atom is 0.187 e. The highest BCUT2D eigenvalue weighted by atomic mass is 16.7. The van der Waals surface area contributed by atoms with Crippen molar-refractivity contribution >= 4 is 5.78 Å². The van der Waals surface area contributed by atoms with Gasteiger partial charge < -0.3 is 54.7 Å². The lowest BCUT2D eigenvalue weighted by Gasteiger charge is -2.43. The fourth-order valence-corrected chi connectivity index (χ4v) is 5.07. The molecule has 3 aliphatic rings. The van der Waals surface area contributed by atoms with E-state index in [1.165, 1.54) is 0 Å². The van der Waals surface area contributed by atoms with Gasteiger partial charge in [0.1, 0.15) is 48.8 Å². The molecule has 2 heterocycles. The summed E-state index contributed by atoms with van der Waals surface area (Å²) in [6.07, 6.45) is -9.62. The maximum absolute atomic E-state index is 11.9. The van der Waals surface area contributed by atoms with Gasteiger partial charge in [0.15, 0.2) is 18.4 Å². The third-order valence-corrected chi connectivity index (χ3v) is 7.22. The Hall–Kier alpha value is -1.29. The Balaban J connectivity index is 1.62. The zero-order valence-corrected chi connectivity index (χ0v) is 21.5. The van der Waals surface area contributed by atoms with E-state index in [1.807, 2.05) is 26.8 Å². The molecule has 12 nitrogen and oxygen atoms in total. The number of carbonyl (C=O) groups excluding carboxylic acids is 1. The fraction of sp³-hybridized carbons (Fsp3) is 0.800. The molecule has 1 aliphatic carbocycles. The minimum Gasteiger partial charge on any atom is -0.394 e. The molecule has 0 saturated carbocycles. The molecule has 2 saturated heterocycles. The average Bonchev–Trinajstić information content (AvgIpc) is 2.82. The monoisotopic (exact) mass is 532 g/mol. The molecule has 0 radical (unpaired) electrons. The zero-order chi connectivity index (χ0) is 27.7. The smallest absolute Gasteiger partial charge is 0.187 e. The molecule has 37 heavy (non-hydrogen) atoms. The Kier molecular flexibility index (Phi) is 10.0. The third kappa shape index (κ3) is 6.84. The van der Waals surface area contributed by atoms with Crippen molar-refractivity contribution in [1.82, 2.24) is 0 Å². The summed E-state index contributed by atoms with van der Waals surface area (Å²) in [5, 5.41) is 70.4. The molecule has 0 spiro atoms. The summed E-state index contributed by atoms with van der Waals surface area (Å²) < 4.78 is 22.1. The Morgan fingerprint density at radius 1 is 0.973 bits per heavy atom. The van der Waals surface area contributed by atoms with Crippen molar-refractivity contribution in [3.05, 3.63) is 23.8 Å². The summed E-state index contributed by atoms with van der Waals surface area (Å²) >= 11 is 0. The first-order valence-electron chi connectivity index (χ1n) is 12.4. The number of aliphatic hydroxyl groups is 7. The van der Waals surface area contributed by atoms with Gasteiger partial charge in [-0.15, -0.1) is 0 Å². The highest BCUT2D eigenvalue weighted by Crippen LogP contribution is 2.40. The van der Waals surface area contributed by atoms with Crippen LogP contribution in [0.15, 0.2) is 23.8 Å². The first-order valence-corrected chi connectivity index (χ1v) is 12.4. The summed E-state index contributed by atoms with van der Waals surface area (Å²) in [6, 6.07) is 0. The number of allylic oxidation sites excluding steroid dienone is 3. The van der Waals surface area contributed by atoms with E-state index in [9.17, 15) is 40.5 Å². The number of aliphatic hydroxyl groups excluding tert-OH is 7. The van der Waals surface area contributed by atoms with Crippen molar-refractivity contribution in [1.29, 1.82) is 0 Å². The van der Waals surface area contributed by atoms with Gasteiger partial charge in [-0.3, -0.25) is 4.79 Å². The van der Waals surface area contributed by atoms with Gasteiger partial charge in [-0.1, -0.05) is 31.6 Å². The Labute approximate surface area is 215 Å². The van der Waals surface area contributed by atoms with Crippen molar-refractivity contribution < 1.29 is 59.5 Å². The molecule has 0 amide bonds. The molecule has 12 atom stereocenters. The Morgan fingerprint density at radius 3 is 2.14 bits per heavy atom. The lowest BCUT2D eigenvalue weighted by Crippen LogP contribution is -2.62. The van der Waals surface area contributed by atoms with Crippen LogP contribution in [0.1, 0.15) is 34.1 Å². The van der Waals surface area contributed by atoms with E-state index in [1.54, 1.807) is 19.1 Å². The number of ether oxygens (including phenoxy) is 4. The second-order valence-corrected chi connectivity index (χ2v) is 10.8. The predicted molar refractivity (Wildman–Crippen MR) is 127 cm³/mol. The van der Waals surface area contributed by atoms with Gasteiger partial charge >= 0.3 is 0 Å². The molecular formula is C25H40O12. The highest BCUT2D eigenvalue weighted by molar-refractivity contribution is 5.92. The number of hydrogen-bond acceptors (Lipinski definition) is 12. The predicted octanol–water partition coefficient (Wildman–Crippen LogP) is -1.87. The third-order valence-electron chi connectivity index (χ3n) is 7.22. The Morgan fingerprint density at radius 2 is 1.54 bits per heavy atom. The SMILES string of the molecule is CC1=CC(=O)CC(C)(C)[C@H]1/C=C/[C@@H](C)O[C@@H]1O[C@H](CO[C@@H]2O[C@H](CO)[C@H](O)[C@H](O)[C@H]2O)[C@@H](O)[C@H](O)[C@H]1O. The van der Waals surface area contributed by atoms with Gasteiger partial charge in [-0.2, -0.15) is 0 Å². The van der Waals surface area contributed by atoms with Crippen LogP contribution in [-0.2, 0) is 23.7 Å². The molecule has 2 aliphatic heterocycles. The largest absolute Gasteiger partial charge is 0.394 e. The van der Waals surface area contributed by atoms with Gasteiger partial charge in [0.05, 0.1) is 19.3 Å². The number of carbonyl (C=O) groups is 1. The molecule has 0 aromatic carbocycles. The average molecular weight is 533 g/mol. The molecule has 3 rings (SSSR count). The maximum atomic E-state index is 11.9. The van der Waals surface area contributed by atoms with Gasteiger partial charge in [0, 0.05) is 12.3 Å². The van der Waals surface area contributed by atoms with Gasteiger partial charge in [0.2, 0.25) is 0 Å². The van der Waals surface area contributed by atoms with Crippen molar-refractivity contribution in [2.75, 3.05) is 13.2 Å². The van der Waals surface area contributed by atoms with E-state index in [0.29, 0.717) is 6.42 Å². The van der Waals surface area contributed by atoms with E-state index >= 15 is 0 Å². The molecule has 212 valence electrons. The normalized spacial score (nSPS) is 43.6. The summed E-state index contributed by atoms with van der Waals surface area (Å²) in [5.41, 5.74) is 0.655. The van der Waals surface area contributed by atoms with Crippen LogP contribution in [0, 0.1) is 11.3 Å². The van der Waals surface area contributed by atoms with Crippen molar-refractivity contribution in [3.8, 4) is 0 Å². The summed E-state index contributed by atoms with van der Waals surface area (Å²) in [6.45, 7) is 6.55. The molecule has 0 aromatic rings. The van der Waals surface area contributed by atoms with Crippen LogP contribution < -0.4 is 0 Å². The van der Waals surface area contributed by atoms with Crippen LogP contribution >= 0.6 is 0 Å². The summed E-state index contributed by atoms with van der Waals surface area (Å²) in [4.78, 5) is 11.9. The number of rotatable bonds is 8. The van der Waals surface area contributed by atoms with E-state index in [0.717, 1.165) is 5.57 Å². The second kappa shape index (κ2) is 12.3. The van der Waals surface area contributed by atoms with Crippen LogP contribution in [-0.4, -0.2) is 122 Å². The van der Waals surface area contributed by atoms with Crippen molar-refractivity contribution in [3.63, 3.8) is 0 Å². The first kappa shape index (κ1) is 30.3. The Bertz CT molecular complexity index is 842. The topological polar surface area (TPSA) is 196 Å². The van der Waals surface area contributed by atoms with E-state index in [-0.39, 0.29) is 17.1 Å². The standard InChI is InChI=1S/C25H40O12/c1-11-7-13(27)8-25(3,4)14(11)6-5-12(2)35-24-22(33)20(31)18(29)16(37-24)10-34-23-21(32)19(30)17(28)15(9-26)36-23/h5-7,12,14-24,26,28-33H,8-10H2,1-4H3/b6-5+/t12-,14+,15-,16-,17+,18-,19+,20+,21-,22-,23-,24-/m1/s1. The lowest BCUT2D eigenvalue weighted by atomic mass is 9.68. The highest BCUT2D eigenvalue weighted by Gasteiger charge is 2.47. The summed E-state index contributed by atoms with van der Waals surface area (Å²) in [7, 11) is 0. The number of ketones is 1. The summed E-state index contributed by atoms with van der Waals surface area (Å²) in [5.74, 6) is 0.0836. The molecule has 0 unspecified atom stereocenters. The molecule has 12 heteroatoms. The minimum atomic E-state index is -1.65. The second-order valence-electron chi connectivity index (χ2n) is 10.8. The van der Waals surface area contributed by atoms with Gasteiger partial charge in [-0.05, 0) is 25.3 Å². The molecule has 0 aromatic heterocycles. The van der Waals surface area contributed by atoms with E-state index in [4.69, 9.17) is 18.9 Å². The van der Waals surface area contributed by atoms with Crippen molar-refractivity contribution in [2.24, 2.45) is 11.3 Å². The number of hydrogen-bond donors (Lipinski definition) is 7. The lowest BCUT2D eigenvalue weighted by molar-refractivity contribution is -0.333. The van der Waals surface area contributed by atoms with Crippen molar-refractivity contribution in [2.45, 2.75) is 102 Å². The van der Waals surface area contributed by atoms with Crippen LogP contribution in [0.25, 0.3) is 0 Å². The van der Waals surface area contributed by atoms with Gasteiger partial charge in [-0.25, -0.2) is 0 Å². The minimum absolute atomic E-state index is 0.000505. The fourth-order valence-electron chi connectivity index (χ4n) is 5.07. The quantitative estimate of drug-likeness (QED) is 0.172. The molecule has 2 fully saturated rings. The molecular weight excluding hydrogens is 492 g/mol. The van der Waals surface area contributed by atoms with E-state index in [2.05, 4.69) is 0 Å². The first-order chi connectivity index (χ1) is 17.3. The van der Waals surface area contributed by atoms with Crippen LogP contribution in [0.4, 0.5) is 0 Å².